The molecule has 26 heavy (non-hydrogen) atoms. The summed E-state index contributed by atoms with van der Waals surface area (Å²) in [6, 6.07) is 17.7. The topological polar surface area (TPSA) is 3.24 Å². The Morgan fingerprint density at radius 1 is 0.808 bits per heavy atom. The van der Waals surface area contributed by atoms with Gasteiger partial charge in [-0.2, -0.15) is 0 Å². The van der Waals surface area contributed by atoms with E-state index in [1.807, 2.05) is 0 Å². The molecule has 0 saturated carbocycles. The molecule has 4 heteroatoms. The van der Waals surface area contributed by atoms with E-state index in [1.165, 1.54) is 22.3 Å². The van der Waals surface area contributed by atoms with Crippen LogP contribution in [0.15, 0.2) is 54.6 Å². The van der Waals surface area contributed by atoms with Crippen molar-refractivity contribution in [3.63, 3.8) is 0 Å². The Hall–Kier alpha value is -0.566. The minimum Gasteiger partial charge on any atom is -1.00 e. The molecule has 0 N–H and O–H groups in total. The fraction of sp³-hybridized carbons (Fsp3) is 0.364. The number of nitrogens with zero attached hydrogens (tertiary/aromatic N) is 1. The number of rotatable bonds is 3. The van der Waals surface area contributed by atoms with Crippen LogP contribution >= 0.6 is 0 Å². The third-order valence-corrected chi connectivity index (χ3v) is 6.90. The molecule has 1 aliphatic rings. The van der Waals surface area contributed by atoms with Gasteiger partial charge in [-0.15, -0.1) is 0 Å². The zero-order chi connectivity index (χ0) is 17.5. The summed E-state index contributed by atoms with van der Waals surface area (Å²) in [7, 11) is 0. The SMILES string of the molecule is CC(C)(C)[N]([Ti+2])C(C)(C)c1ccccc1C1C=Cc2ccccc21.[Cl-].[Cl-]. The maximum atomic E-state index is 2.48. The zero-order valence-corrected chi connectivity index (χ0v) is 19.1. The van der Waals surface area contributed by atoms with Gasteiger partial charge in [-0.25, -0.2) is 0 Å². The molecule has 0 fully saturated rings. The Labute approximate surface area is 182 Å². The van der Waals surface area contributed by atoms with E-state index in [9.17, 15) is 0 Å². The summed E-state index contributed by atoms with van der Waals surface area (Å²) in [5.74, 6) is 0.352. The largest absolute Gasteiger partial charge is 1.00 e. The number of fused-ring (bicyclic) bond motifs is 1. The first-order chi connectivity index (χ1) is 11.2. The maximum absolute atomic E-state index is 2.48. The average Bonchev–Trinajstić information content (AvgIpc) is 2.97. The van der Waals surface area contributed by atoms with Gasteiger partial charge in [-0.3, -0.25) is 0 Å². The second-order valence-electron chi connectivity index (χ2n) is 8.12. The molecule has 0 aliphatic heterocycles. The molecule has 3 rings (SSSR count). The van der Waals surface area contributed by atoms with Gasteiger partial charge in [0.15, 0.2) is 0 Å². The van der Waals surface area contributed by atoms with Crippen LogP contribution in [0.1, 0.15) is 62.8 Å². The van der Waals surface area contributed by atoms with E-state index in [2.05, 4.69) is 119 Å². The van der Waals surface area contributed by atoms with E-state index in [0.717, 1.165) is 0 Å². The third-order valence-electron chi connectivity index (χ3n) is 4.98. The Kier molecular flexibility index (Phi) is 7.79. The van der Waals surface area contributed by atoms with Gasteiger partial charge in [0.05, 0.1) is 0 Å². The molecule has 2 aromatic rings. The summed E-state index contributed by atoms with van der Waals surface area (Å²) in [6.45, 7) is 11.5. The standard InChI is InChI=1S/C22H26N.2ClH.Ti/c1-21(2,3)23-22(4,5)20-13-9-8-12-19(20)18-15-14-16-10-6-7-11-17(16)18;;;/h6-15,18H,1-5H3;2*1H;/q-1;;;+3/p-2. The van der Waals surface area contributed by atoms with E-state index in [1.54, 1.807) is 0 Å². The van der Waals surface area contributed by atoms with Crippen molar-refractivity contribution in [3.05, 3.63) is 76.9 Å². The van der Waals surface area contributed by atoms with E-state index in [0.29, 0.717) is 5.92 Å². The third kappa shape index (κ3) is 4.29. The summed E-state index contributed by atoms with van der Waals surface area (Å²) in [6.07, 6.45) is 4.61. The molecule has 1 atom stereocenters. The fourth-order valence-corrected chi connectivity index (χ4v) is 3.99. The van der Waals surface area contributed by atoms with Crippen LogP contribution in [-0.4, -0.2) is 8.92 Å². The first kappa shape index (κ1) is 23.5. The van der Waals surface area contributed by atoms with Crippen molar-refractivity contribution in [3.8, 4) is 0 Å². The summed E-state index contributed by atoms with van der Waals surface area (Å²) < 4.78 is 2.48. The van der Waals surface area contributed by atoms with Gasteiger partial charge in [0.1, 0.15) is 0 Å². The molecule has 0 saturated heterocycles. The molecule has 1 nitrogen and oxygen atoms in total. The van der Waals surface area contributed by atoms with Crippen LogP contribution in [0.5, 0.6) is 0 Å². The quantitative estimate of drug-likeness (QED) is 0.611. The summed E-state index contributed by atoms with van der Waals surface area (Å²) >= 11 is 2.23. The van der Waals surface area contributed by atoms with Gasteiger partial charge in [-0.1, -0.05) is 0 Å². The molecule has 1 unspecified atom stereocenters. The molecular weight excluding hydrogens is 397 g/mol. The van der Waals surface area contributed by atoms with E-state index >= 15 is 0 Å². The first-order valence-electron chi connectivity index (χ1n) is 8.61. The van der Waals surface area contributed by atoms with Gasteiger partial charge in [0, 0.05) is 0 Å². The Bertz CT molecular complexity index is 778. The van der Waals surface area contributed by atoms with Crippen molar-refractivity contribution in [1.29, 1.82) is 0 Å². The normalized spacial score (nSPS) is 16.1. The molecule has 0 spiro atoms. The molecule has 0 radical (unpaired) electrons. The second kappa shape index (κ2) is 8.63. The van der Waals surface area contributed by atoms with E-state index in [4.69, 9.17) is 0 Å². The van der Waals surface area contributed by atoms with Gasteiger partial charge in [-0.05, 0) is 0 Å². The minimum atomic E-state index is -0.0415. The van der Waals surface area contributed by atoms with Crippen molar-refractivity contribution < 1.29 is 45.5 Å². The number of benzene rings is 2. The summed E-state index contributed by atoms with van der Waals surface area (Å²) in [4.78, 5) is 0. The zero-order valence-electron chi connectivity index (χ0n) is 16.1. The van der Waals surface area contributed by atoms with Crippen molar-refractivity contribution in [2.75, 3.05) is 0 Å². The van der Waals surface area contributed by atoms with Crippen LogP contribution < -0.4 is 24.8 Å². The van der Waals surface area contributed by atoms with Gasteiger partial charge >= 0.3 is 159 Å². The van der Waals surface area contributed by atoms with Crippen LogP contribution in [0.4, 0.5) is 0 Å². The molecule has 1 aliphatic carbocycles. The van der Waals surface area contributed by atoms with Crippen LogP contribution in [0.2, 0.25) is 0 Å². The van der Waals surface area contributed by atoms with E-state index < -0.39 is 0 Å². The Morgan fingerprint density at radius 3 is 1.96 bits per heavy atom. The predicted octanol–water partition coefficient (Wildman–Crippen LogP) is -0.349. The van der Waals surface area contributed by atoms with Crippen molar-refractivity contribution in [2.45, 2.75) is 51.6 Å². The number of hydrogen-bond donors (Lipinski definition) is 0. The summed E-state index contributed by atoms with van der Waals surface area (Å²) in [5, 5.41) is 0. The summed E-state index contributed by atoms with van der Waals surface area (Å²) in [5.41, 5.74) is 5.66. The van der Waals surface area contributed by atoms with Gasteiger partial charge in [0.25, 0.3) is 0 Å². The van der Waals surface area contributed by atoms with Gasteiger partial charge in [0.2, 0.25) is 0 Å². The predicted molar refractivity (Wildman–Crippen MR) is 98.4 cm³/mol. The second-order valence-corrected chi connectivity index (χ2v) is 8.82. The fourth-order valence-electron chi connectivity index (χ4n) is 3.81. The van der Waals surface area contributed by atoms with Crippen LogP contribution in [0, 0.1) is 0 Å². The molecule has 0 heterocycles. The van der Waals surface area contributed by atoms with Crippen molar-refractivity contribution in [1.82, 2.24) is 3.38 Å². The molecule has 0 amide bonds. The van der Waals surface area contributed by atoms with Crippen LogP contribution in [0.3, 0.4) is 0 Å². The maximum Gasteiger partial charge on any atom is -1.00 e. The van der Waals surface area contributed by atoms with E-state index in [-0.39, 0.29) is 35.9 Å². The van der Waals surface area contributed by atoms with Crippen LogP contribution in [0.25, 0.3) is 6.08 Å². The van der Waals surface area contributed by atoms with Gasteiger partial charge < -0.3 is 24.8 Å². The van der Waals surface area contributed by atoms with Crippen LogP contribution in [-0.2, 0) is 26.2 Å². The Balaban J connectivity index is 0.00000169. The monoisotopic (exact) mass is 422 g/mol. The van der Waals surface area contributed by atoms with Crippen molar-refractivity contribution in [2.24, 2.45) is 0 Å². The molecule has 0 bridgehead atoms. The first-order valence-corrected chi connectivity index (χ1v) is 9.31. The number of hydrogen-bond acceptors (Lipinski definition) is 1. The number of halogens is 2. The smallest absolute Gasteiger partial charge is 1.00 e. The Morgan fingerprint density at radius 2 is 1.35 bits per heavy atom. The minimum absolute atomic E-state index is 0. The molecule has 0 aromatic heterocycles. The number of allylic oxidation sites excluding steroid dienone is 1. The molecule has 2 aromatic carbocycles. The van der Waals surface area contributed by atoms with Crippen molar-refractivity contribution >= 4 is 6.08 Å². The average molecular weight is 423 g/mol. The molecule has 137 valence electrons. The molecular formula is C22H26Cl2NTi.